The first-order chi connectivity index (χ1) is 11.5. The standard InChI is InChI=1S/C15H11N3O5S/c1-6-7(2)24-15-12(6)14(19)16-13(17-15)8-3-10-11(23-5-22-10)4-9(8)18(20)21/h3-4H,5H2,1-2H3,(H,16,17,19). The topological polar surface area (TPSA) is 107 Å². The van der Waals surface area contributed by atoms with Gasteiger partial charge in [0.25, 0.3) is 11.2 Å². The fourth-order valence-electron chi connectivity index (χ4n) is 2.65. The summed E-state index contributed by atoms with van der Waals surface area (Å²) < 4.78 is 10.5. The average Bonchev–Trinajstić information content (AvgIpc) is 3.10. The SMILES string of the molecule is Cc1sc2nc(-c3cc4c(cc3[N+](=O)[O-])OCO4)[nH]c(=O)c2c1C. The Morgan fingerprint density at radius 2 is 2.00 bits per heavy atom. The van der Waals surface area contributed by atoms with Crippen molar-refractivity contribution in [1.29, 1.82) is 0 Å². The van der Waals surface area contributed by atoms with E-state index in [4.69, 9.17) is 9.47 Å². The number of nitrogens with one attached hydrogen (secondary N) is 1. The lowest BCUT2D eigenvalue weighted by Crippen LogP contribution is -2.09. The van der Waals surface area contributed by atoms with E-state index in [0.717, 1.165) is 10.4 Å². The van der Waals surface area contributed by atoms with Crippen molar-refractivity contribution in [3.63, 3.8) is 0 Å². The molecule has 0 spiro atoms. The highest BCUT2D eigenvalue weighted by molar-refractivity contribution is 7.18. The minimum atomic E-state index is -0.535. The molecule has 0 bridgehead atoms. The first-order valence-electron chi connectivity index (χ1n) is 7.04. The third-order valence-electron chi connectivity index (χ3n) is 3.98. The van der Waals surface area contributed by atoms with Crippen molar-refractivity contribution in [2.45, 2.75) is 13.8 Å². The van der Waals surface area contributed by atoms with Crippen molar-refractivity contribution >= 4 is 27.2 Å². The molecule has 0 fully saturated rings. The monoisotopic (exact) mass is 345 g/mol. The van der Waals surface area contributed by atoms with Crippen molar-refractivity contribution in [2.24, 2.45) is 0 Å². The normalized spacial score (nSPS) is 12.8. The average molecular weight is 345 g/mol. The van der Waals surface area contributed by atoms with Gasteiger partial charge in [-0.1, -0.05) is 0 Å². The van der Waals surface area contributed by atoms with Crippen LogP contribution >= 0.6 is 11.3 Å². The van der Waals surface area contributed by atoms with Gasteiger partial charge in [0, 0.05) is 10.9 Å². The molecule has 1 aromatic carbocycles. The molecule has 0 saturated heterocycles. The number of hydrogen-bond donors (Lipinski definition) is 1. The first-order valence-corrected chi connectivity index (χ1v) is 7.86. The molecule has 4 rings (SSSR count). The van der Waals surface area contributed by atoms with Crippen LogP contribution in [0.2, 0.25) is 0 Å². The van der Waals surface area contributed by atoms with Gasteiger partial charge in [0.05, 0.1) is 21.9 Å². The van der Waals surface area contributed by atoms with Crippen LogP contribution in [0.3, 0.4) is 0 Å². The largest absolute Gasteiger partial charge is 0.454 e. The maximum Gasteiger partial charge on any atom is 0.284 e. The lowest BCUT2D eigenvalue weighted by atomic mass is 10.1. The highest BCUT2D eigenvalue weighted by Gasteiger charge is 2.26. The molecule has 1 N–H and O–H groups in total. The smallest absolute Gasteiger partial charge is 0.284 e. The van der Waals surface area contributed by atoms with Gasteiger partial charge in [0.2, 0.25) is 6.79 Å². The number of hydrogen-bond acceptors (Lipinski definition) is 7. The lowest BCUT2D eigenvalue weighted by Gasteiger charge is -2.05. The summed E-state index contributed by atoms with van der Waals surface area (Å²) in [5, 5.41) is 11.9. The molecule has 0 atom stereocenters. The molecule has 0 unspecified atom stereocenters. The molecule has 8 nitrogen and oxygen atoms in total. The van der Waals surface area contributed by atoms with E-state index in [0.29, 0.717) is 21.7 Å². The number of nitro benzene ring substituents is 1. The van der Waals surface area contributed by atoms with Crippen LogP contribution in [0.4, 0.5) is 5.69 Å². The molecule has 1 aliphatic rings. The second-order valence-electron chi connectivity index (χ2n) is 5.36. The summed E-state index contributed by atoms with van der Waals surface area (Å²) in [6, 6.07) is 2.75. The number of nitrogens with zero attached hydrogens (tertiary/aromatic N) is 2. The maximum absolute atomic E-state index is 12.4. The number of rotatable bonds is 2. The summed E-state index contributed by atoms with van der Waals surface area (Å²) in [6.07, 6.45) is 0. The molecule has 3 heterocycles. The predicted octanol–water partition coefficient (Wildman–Crippen LogP) is 2.91. The van der Waals surface area contributed by atoms with E-state index in [-0.39, 0.29) is 29.4 Å². The highest BCUT2D eigenvalue weighted by Crippen LogP contribution is 2.41. The molecule has 0 radical (unpaired) electrons. The fourth-order valence-corrected chi connectivity index (χ4v) is 3.68. The Hall–Kier alpha value is -2.94. The van der Waals surface area contributed by atoms with Crippen molar-refractivity contribution in [3.8, 4) is 22.9 Å². The lowest BCUT2D eigenvalue weighted by molar-refractivity contribution is -0.384. The Morgan fingerprint density at radius 1 is 1.29 bits per heavy atom. The van der Waals surface area contributed by atoms with Crippen LogP contribution in [-0.4, -0.2) is 21.7 Å². The number of fused-ring (bicyclic) bond motifs is 2. The zero-order valence-corrected chi connectivity index (χ0v) is 13.5. The molecule has 122 valence electrons. The van der Waals surface area contributed by atoms with Crippen LogP contribution in [0, 0.1) is 24.0 Å². The zero-order valence-electron chi connectivity index (χ0n) is 12.7. The van der Waals surface area contributed by atoms with Crippen LogP contribution < -0.4 is 15.0 Å². The van der Waals surface area contributed by atoms with Gasteiger partial charge < -0.3 is 14.5 Å². The maximum atomic E-state index is 12.4. The minimum Gasteiger partial charge on any atom is -0.454 e. The minimum absolute atomic E-state index is 0.00222. The number of nitro groups is 1. The van der Waals surface area contributed by atoms with E-state index in [1.807, 2.05) is 13.8 Å². The third-order valence-corrected chi connectivity index (χ3v) is 5.08. The van der Waals surface area contributed by atoms with Crippen molar-refractivity contribution in [2.75, 3.05) is 6.79 Å². The number of aryl methyl sites for hydroxylation is 2. The summed E-state index contributed by atoms with van der Waals surface area (Å²) in [5.41, 5.74) is 0.540. The molecule has 0 aliphatic carbocycles. The van der Waals surface area contributed by atoms with Crippen LogP contribution in [0.25, 0.3) is 21.6 Å². The van der Waals surface area contributed by atoms with E-state index in [2.05, 4.69) is 9.97 Å². The molecular weight excluding hydrogens is 334 g/mol. The van der Waals surface area contributed by atoms with E-state index >= 15 is 0 Å². The Bertz CT molecular complexity index is 1070. The summed E-state index contributed by atoms with van der Waals surface area (Å²) in [6.45, 7) is 3.76. The number of aromatic nitrogens is 2. The fraction of sp³-hybridized carbons (Fsp3) is 0.200. The summed E-state index contributed by atoms with van der Waals surface area (Å²) in [7, 11) is 0. The van der Waals surface area contributed by atoms with E-state index < -0.39 is 4.92 Å². The summed E-state index contributed by atoms with van der Waals surface area (Å²) in [4.78, 5) is 31.9. The van der Waals surface area contributed by atoms with Crippen LogP contribution in [0.5, 0.6) is 11.5 Å². The molecule has 9 heteroatoms. The van der Waals surface area contributed by atoms with Crippen LogP contribution in [0.15, 0.2) is 16.9 Å². The van der Waals surface area contributed by atoms with Crippen molar-refractivity contribution in [3.05, 3.63) is 43.0 Å². The van der Waals surface area contributed by atoms with Crippen molar-refractivity contribution in [1.82, 2.24) is 9.97 Å². The van der Waals surface area contributed by atoms with Gasteiger partial charge in [-0.3, -0.25) is 14.9 Å². The van der Waals surface area contributed by atoms with Gasteiger partial charge in [-0.25, -0.2) is 4.98 Å². The Labute approximate surface area is 138 Å². The quantitative estimate of drug-likeness (QED) is 0.565. The van der Waals surface area contributed by atoms with Crippen LogP contribution in [0.1, 0.15) is 10.4 Å². The molecular formula is C15H11N3O5S. The first kappa shape index (κ1) is 14.6. The highest BCUT2D eigenvalue weighted by atomic mass is 32.1. The zero-order chi connectivity index (χ0) is 17.0. The Balaban J connectivity index is 2.01. The Morgan fingerprint density at radius 3 is 2.71 bits per heavy atom. The van der Waals surface area contributed by atoms with E-state index in [1.54, 1.807) is 0 Å². The molecule has 3 aromatic rings. The third kappa shape index (κ3) is 2.05. The number of ether oxygens (including phenoxy) is 2. The van der Waals surface area contributed by atoms with E-state index in [9.17, 15) is 14.9 Å². The summed E-state index contributed by atoms with van der Waals surface area (Å²) in [5.74, 6) is 0.826. The van der Waals surface area contributed by atoms with Gasteiger partial charge in [-0.15, -0.1) is 11.3 Å². The second kappa shape index (κ2) is 5.03. The second-order valence-corrected chi connectivity index (χ2v) is 6.56. The van der Waals surface area contributed by atoms with Gasteiger partial charge >= 0.3 is 0 Å². The van der Waals surface area contributed by atoms with Gasteiger partial charge in [0.15, 0.2) is 11.5 Å². The molecule has 2 aromatic heterocycles. The summed E-state index contributed by atoms with van der Waals surface area (Å²) >= 11 is 1.38. The van der Waals surface area contributed by atoms with E-state index in [1.165, 1.54) is 23.5 Å². The predicted molar refractivity (Wildman–Crippen MR) is 87.9 cm³/mol. The molecule has 1 aliphatic heterocycles. The number of benzene rings is 1. The Kier molecular flexibility index (Phi) is 3.07. The van der Waals surface area contributed by atoms with Crippen LogP contribution in [-0.2, 0) is 0 Å². The molecule has 0 saturated carbocycles. The van der Waals surface area contributed by atoms with Gasteiger partial charge in [0.1, 0.15) is 10.7 Å². The molecule has 0 amide bonds. The number of aromatic amines is 1. The van der Waals surface area contributed by atoms with Gasteiger partial charge in [-0.05, 0) is 19.4 Å². The number of thiophene rings is 1. The number of H-pyrrole nitrogens is 1. The van der Waals surface area contributed by atoms with Gasteiger partial charge in [-0.2, -0.15) is 0 Å². The van der Waals surface area contributed by atoms with Crippen molar-refractivity contribution < 1.29 is 14.4 Å². The molecule has 24 heavy (non-hydrogen) atoms.